The molecular formula is C25H30BN3O2. The SMILES string of the molecule is CC(C)(C)c1cc(B(O)O)c2nc3c4cccnc4c4c(n3c2c1)C(C)(C)CC4(C)C. The first-order chi connectivity index (χ1) is 14.3. The second kappa shape index (κ2) is 6.08. The fraction of sp³-hybridized carbons (Fsp3) is 0.440. The summed E-state index contributed by atoms with van der Waals surface area (Å²) >= 11 is 0. The van der Waals surface area contributed by atoms with E-state index >= 15 is 0 Å². The molecule has 0 atom stereocenters. The van der Waals surface area contributed by atoms with Crippen LogP contribution >= 0.6 is 0 Å². The molecule has 0 spiro atoms. The molecule has 0 fully saturated rings. The molecule has 6 heteroatoms. The quantitative estimate of drug-likeness (QED) is 0.462. The second-order valence-electron chi connectivity index (χ2n) is 11.4. The highest BCUT2D eigenvalue weighted by Gasteiger charge is 2.46. The van der Waals surface area contributed by atoms with Crippen molar-refractivity contribution in [3.63, 3.8) is 0 Å². The van der Waals surface area contributed by atoms with Crippen LogP contribution in [0.3, 0.4) is 0 Å². The van der Waals surface area contributed by atoms with Crippen LogP contribution in [-0.4, -0.2) is 31.5 Å². The maximum Gasteiger partial charge on any atom is 0.490 e. The molecular weight excluding hydrogens is 385 g/mol. The number of aromatic nitrogens is 3. The van der Waals surface area contributed by atoms with E-state index in [-0.39, 0.29) is 16.2 Å². The Balaban J connectivity index is 2.10. The highest BCUT2D eigenvalue weighted by atomic mass is 16.4. The standard InChI is InChI=1S/C25H30BN3O2/c1-23(2,3)14-11-16(26(30)31)20-17(12-14)29-21-18(24(4,5)13-25(21,6)7)19-15(22(29)28-20)9-8-10-27-19/h8-12,30-31H,13H2,1-7H3. The lowest BCUT2D eigenvalue weighted by atomic mass is 9.75. The van der Waals surface area contributed by atoms with Crippen molar-refractivity contribution in [2.45, 2.75) is 71.1 Å². The molecule has 0 bridgehead atoms. The van der Waals surface area contributed by atoms with E-state index in [4.69, 9.17) is 9.97 Å². The van der Waals surface area contributed by atoms with Crippen LogP contribution in [0.2, 0.25) is 0 Å². The first-order valence-corrected chi connectivity index (χ1v) is 11.0. The molecule has 4 aromatic rings. The van der Waals surface area contributed by atoms with Crippen LogP contribution < -0.4 is 5.46 Å². The summed E-state index contributed by atoms with van der Waals surface area (Å²) in [6.07, 6.45) is 2.86. The first-order valence-electron chi connectivity index (χ1n) is 11.0. The number of hydrogen-bond donors (Lipinski definition) is 2. The molecule has 0 amide bonds. The van der Waals surface area contributed by atoms with Gasteiger partial charge < -0.3 is 10.0 Å². The van der Waals surface area contributed by atoms with Gasteiger partial charge in [-0.2, -0.15) is 0 Å². The molecule has 3 aromatic heterocycles. The zero-order valence-corrected chi connectivity index (χ0v) is 19.4. The van der Waals surface area contributed by atoms with E-state index in [0.29, 0.717) is 11.0 Å². The van der Waals surface area contributed by atoms with Gasteiger partial charge in [-0.3, -0.25) is 9.38 Å². The molecule has 0 aliphatic heterocycles. The average molecular weight is 415 g/mol. The maximum absolute atomic E-state index is 10.2. The molecule has 1 aliphatic carbocycles. The van der Waals surface area contributed by atoms with Gasteiger partial charge in [-0.05, 0) is 41.0 Å². The predicted octanol–water partition coefficient (Wildman–Crippen LogP) is 3.97. The van der Waals surface area contributed by atoms with Crippen molar-refractivity contribution < 1.29 is 10.0 Å². The van der Waals surface area contributed by atoms with Crippen LogP contribution in [0.25, 0.3) is 27.6 Å². The zero-order valence-electron chi connectivity index (χ0n) is 19.4. The summed E-state index contributed by atoms with van der Waals surface area (Å²) in [5, 5.41) is 21.4. The number of fused-ring (bicyclic) bond motifs is 8. The summed E-state index contributed by atoms with van der Waals surface area (Å²) in [6.45, 7) is 15.6. The van der Waals surface area contributed by atoms with Gasteiger partial charge in [0.15, 0.2) is 0 Å². The lowest BCUT2D eigenvalue weighted by molar-refractivity contribution is 0.399. The largest absolute Gasteiger partial charge is 0.490 e. The summed E-state index contributed by atoms with van der Waals surface area (Å²) in [5.74, 6) is 0. The molecule has 3 heterocycles. The van der Waals surface area contributed by atoms with Crippen molar-refractivity contribution in [2.75, 3.05) is 0 Å². The molecule has 0 saturated carbocycles. The third kappa shape index (κ3) is 2.78. The molecule has 1 aliphatic rings. The van der Waals surface area contributed by atoms with Crippen molar-refractivity contribution in [1.82, 2.24) is 14.4 Å². The van der Waals surface area contributed by atoms with Crippen molar-refractivity contribution in [1.29, 1.82) is 0 Å². The van der Waals surface area contributed by atoms with Crippen molar-refractivity contribution in [3.8, 4) is 0 Å². The van der Waals surface area contributed by atoms with Gasteiger partial charge in [0.1, 0.15) is 5.65 Å². The van der Waals surface area contributed by atoms with Gasteiger partial charge >= 0.3 is 7.12 Å². The molecule has 1 aromatic carbocycles. The van der Waals surface area contributed by atoms with E-state index in [0.717, 1.165) is 34.1 Å². The van der Waals surface area contributed by atoms with E-state index < -0.39 is 7.12 Å². The van der Waals surface area contributed by atoms with Gasteiger partial charge in [-0.25, -0.2) is 4.98 Å². The van der Waals surface area contributed by atoms with Crippen molar-refractivity contribution in [2.24, 2.45) is 0 Å². The van der Waals surface area contributed by atoms with Crippen LogP contribution in [0.4, 0.5) is 0 Å². The number of hydrogen-bond acceptors (Lipinski definition) is 4. The van der Waals surface area contributed by atoms with Gasteiger partial charge in [0.2, 0.25) is 0 Å². The fourth-order valence-corrected chi connectivity index (χ4v) is 5.81. The Morgan fingerprint density at radius 2 is 1.74 bits per heavy atom. The summed E-state index contributed by atoms with van der Waals surface area (Å²) in [6, 6.07) is 8.08. The molecule has 5 rings (SSSR count). The van der Waals surface area contributed by atoms with Crippen LogP contribution in [-0.2, 0) is 16.2 Å². The van der Waals surface area contributed by atoms with E-state index in [1.54, 1.807) is 0 Å². The Labute approximate surface area is 183 Å². The molecule has 5 nitrogen and oxygen atoms in total. The Morgan fingerprint density at radius 1 is 1.03 bits per heavy atom. The second-order valence-corrected chi connectivity index (χ2v) is 11.4. The molecule has 0 unspecified atom stereocenters. The van der Waals surface area contributed by atoms with Crippen molar-refractivity contribution >= 4 is 40.2 Å². The lowest BCUT2D eigenvalue weighted by Crippen LogP contribution is -2.32. The highest BCUT2D eigenvalue weighted by molar-refractivity contribution is 6.61. The third-order valence-electron chi connectivity index (χ3n) is 6.88. The molecule has 31 heavy (non-hydrogen) atoms. The monoisotopic (exact) mass is 415 g/mol. The summed E-state index contributed by atoms with van der Waals surface area (Å²) < 4.78 is 2.27. The number of imidazole rings is 1. The minimum Gasteiger partial charge on any atom is -0.423 e. The van der Waals surface area contributed by atoms with Gasteiger partial charge in [-0.15, -0.1) is 0 Å². The topological polar surface area (TPSA) is 70.7 Å². The van der Waals surface area contributed by atoms with Crippen LogP contribution in [0, 0.1) is 0 Å². The van der Waals surface area contributed by atoms with Crippen LogP contribution in [0.5, 0.6) is 0 Å². The highest BCUT2D eigenvalue weighted by Crippen LogP contribution is 2.52. The van der Waals surface area contributed by atoms with E-state index in [2.05, 4.69) is 65.0 Å². The predicted molar refractivity (Wildman–Crippen MR) is 127 cm³/mol. The Bertz CT molecular complexity index is 1380. The van der Waals surface area contributed by atoms with E-state index in [1.165, 1.54) is 11.3 Å². The molecule has 2 N–H and O–H groups in total. The zero-order chi connectivity index (χ0) is 22.5. The van der Waals surface area contributed by atoms with Gasteiger partial charge in [0.25, 0.3) is 0 Å². The molecule has 0 radical (unpaired) electrons. The van der Waals surface area contributed by atoms with E-state index in [9.17, 15) is 10.0 Å². The van der Waals surface area contributed by atoms with Crippen LogP contribution in [0.15, 0.2) is 30.5 Å². The normalized spacial score (nSPS) is 17.6. The minimum absolute atomic E-state index is 0.0306. The smallest absolute Gasteiger partial charge is 0.423 e. The Hall–Kier alpha value is -2.44. The summed E-state index contributed by atoms with van der Waals surface area (Å²) in [7, 11) is -1.59. The average Bonchev–Trinajstić information content (AvgIpc) is 3.12. The molecule has 160 valence electrons. The minimum atomic E-state index is -1.59. The lowest BCUT2D eigenvalue weighted by Gasteiger charge is -2.23. The number of rotatable bonds is 1. The number of benzene rings is 1. The Morgan fingerprint density at radius 3 is 2.39 bits per heavy atom. The maximum atomic E-state index is 10.2. The van der Waals surface area contributed by atoms with Crippen LogP contribution in [0.1, 0.15) is 71.7 Å². The molecule has 0 saturated heterocycles. The summed E-state index contributed by atoms with van der Waals surface area (Å²) in [5.41, 5.74) is 7.15. The first kappa shape index (κ1) is 20.5. The van der Waals surface area contributed by atoms with E-state index in [1.807, 2.05) is 18.3 Å². The van der Waals surface area contributed by atoms with Gasteiger partial charge in [0, 0.05) is 33.7 Å². The van der Waals surface area contributed by atoms with Crippen molar-refractivity contribution in [3.05, 3.63) is 47.3 Å². The summed E-state index contributed by atoms with van der Waals surface area (Å²) in [4.78, 5) is 9.78. The van der Waals surface area contributed by atoms with Gasteiger partial charge in [0.05, 0.1) is 16.6 Å². The fourth-order valence-electron chi connectivity index (χ4n) is 5.81. The van der Waals surface area contributed by atoms with Gasteiger partial charge in [-0.1, -0.05) is 54.5 Å². The Kier molecular flexibility index (Phi) is 4.01. The number of pyridine rings is 2. The number of nitrogens with zero attached hydrogens (tertiary/aromatic N) is 3. The third-order valence-corrected chi connectivity index (χ3v) is 6.88.